The molecule has 104 valence electrons. The van der Waals surface area contributed by atoms with Gasteiger partial charge in [0, 0.05) is 12.1 Å². The number of hydrogen-bond acceptors (Lipinski definition) is 4. The third-order valence-corrected chi connectivity index (χ3v) is 3.48. The molecule has 0 saturated heterocycles. The van der Waals surface area contributed by atoms with Crippen LogP contribution in [-0.4, -0.2) is 28.1 Å². The van der Waals surface area contributed by atoms with E-state index in [-0.39, 0.29) is 11.7 Å². The average Bonchev–Trinajstić information content (AvgIpc) is 2.46. The topological polar surface area (TPSA) is 66.3 Å². The number of carbonyl (C=O) groups is 1. The molecule has 5 nitrogen and oxygen atoms in total. The zero-order chi connectivity index (χ0) is 14.7. The number of rotatable bonds is 4. The number of hydrogen-bond donors (Lipinski definition) is 1. The molecule has 0 spiro atoms. The molecule has 1 N–H and O–H groups in total. The van der Waals surface area contributed by atoms with Crippen LogP contribution in [0.5, 0.6) is 0 Å². The highest BCUT2D eigenvalue weighted by atomic mass is 35.5. The fourth-order valence-electron chi connectivity index (χ4n) is 1.85. The van der Waals surface area contributed by atoms with Gasteiger partial charge in [-0.2, -0.15) is 0 Å². The van der Waals surface area contributed by atoms with Crippen molar-refractivity contribution in [2.24, 2.45) is 0 Å². The van der Waals surface area contributed by atoms with Crippen LogP contribution in [0.1, 0.15) is 29.0 Å². The van der Waals surface area contributed by atoms with E-state index in [1.807, 2.05) is 43.1 Å². The van der Waals surface area contributed by atoms with E-state index in [1.54, 1.807) is 0 Å². The molecule has 6 heteroatoms. The maximum Gasteiger partial charge on any atom is 0.356 e. The maximum atomic E-state index is 10.9. The van der Waals surface area contributed by atoms with Crippen molar-refractivity contribution >= 4 is 23.4 Å². The third kappa shape index (κ3) is 2.88. The standard InChI is InChI=1S/C14H14ClN3O2/c1-9(10-5-3-4-6-11(10)15)18(2)13-8-16-7-12(17-13)14(19)20/h3-9H,1-2H3,(H,19,20). The largest absolute Gasteiger partial charge is 0.476 e. The van der Waals surface area contributed by atoms with Gasteiger partial charge in [0.2, 0.25) is 0 Å². The van der Waals surface area contributed by atoms with Crippen molar-refractivity contribution in [1.29, 1.82) is 0 Å². The lowest BCUT2D eigenvalue weighted by Gasteiger charge is -2.26. The number of halogens is 1. The Hall–Kier alpha value is -2.14. The normalized spacial score (nSPS) is 11.9. The van der Waals surface area contributed by atoms with Crippen molar-refractivity contribution in [3.8, 4) is 0 Å². The first-order valence-corrected chi connectivity index (χ1v) is 6.41. The summed E-state index contributed by atoms with van der Waals surface area (Å²) in [6.45, 7) is 1.97. The maximum absolute atomic E-state index is 10.9. The van der Waals surface area contributed by atoms with Gasteiger partial charge >= 0.3 is 5.97 Å². The predicted octanol–water partition coefficient (Wildman–Crippen LogP) is 3.03. The molecule has 0 aliphatic heterocycles. The molecular weight excluding hydrogens is 278 g/mol. The van der Waals surface area contributed by atoms with Gasteiger partial charge in [0.05, 0.1) is 18.4 Å². The summed E-state index contributed by atoms with van der Waals surface area (Å²) in [5, 5.41) is 9.61. The summed E-state index contributed by atoms with van der Waals surface area (Å²) in [6, 6.07) is 7.47. The molecular formula is C14H14ClN3O2. The minimum absolute atomic E-state index is 0.0537. The van der Waals surface area contributed by atoms with Gasteiger partial charge in [-0.25, -0.2) is 9.78 Å². The van der Waals surface area contributed by atoms with Gasteiger partial charge in [0.1, 0.15) is 5.82 Å². The van der Waals surface area contributed by atoms with Crippen LogP contribution in [0.3, 0.4) is 0 Å². The number of aromatic nitrogens is 2. The number of aromatic carboxylic acids is 1. The molecule has 1 aromatic heterocycles. The van der Waals surface area contributed by atoms with Gasteiger partial charge in [-0.15, -0.1) is 0 Å². The molecule has 0 bridgehead atoms. The first kappa shape index (κ1) is 14.3. The van der Waals surface area contributed by atoms with Gasteiger partial charge in [-0.3, -0.25) is 4.98 Å². The minimum Gasteiger partial charge on any atom is -0.476 e. The van der Waals surface area contributed by atoms with E-state index < -0.39 is 5.97 Å². The van der Waals surface area contributed by atoms with E-state index >= 15 is 0 Å². The zero-order valence-electron chi connectivity index (χ0n) is 11.1. The van der Waals surface area contributed by atoms with E-state index in [0.29, 0.717) is 10.8 Å². The predicted molar refractivity (Wildman–Crippen MR) is 77.3 cm³/mol. The molecule has 0 saturated carbocycles. The average molecular weight is 292 g/mol. The molecule has 0 radical (unpaired) electrons. The second-order valence-corrected chi connectivity index (χ2v) is 4.78. The SMILES string of the molecule is CC(c1ccccc1Cl)N(C)c1cncc(C(=O)O)n1. The Morgan fingerprint density at radius 2 is 2.05 bits per heavy atom. The van der Waals surface area contributed by atoms with Crippen LogP contribution in [-0.2, 0) is 0 Å². The summed E-state index contributed by atoms with van der Waals surface area (Å²) in [4.78, 5) is 20.7. The molecule has 0 aliphatic carbocycles. The molecule has 0 aliphatic rings. The van der Waals surface area contributed by atoms with E-state index in [1.165, 1.54) is 12.4 Å². The van der Waals surface area contributed by atoms with Crippen LogP contribution < -0.4 is 4.90 Å². The number of nitrogens with zero attached hydrogens (tertiary/aromatic N) is 3. The lowest BCUT2D eigenvalue weighted by atomic mass is 10.1. The Bertz CT molecular complexity index is 633. The van der Waals surface area contributed by atoms with E-state index in [0.717, 1.165) is 5.56 Å². The van der Waals surface area contributed by atoms with Crippen molar-refractivity contribution in [2.75, 3.05) is 11.9 Å². The number of carboxylic acids is 1. The highest BCUT2D eigenvalue weighted by molar-refractivity contribution is 6.31. The lowest BCUT2D eigenvalue weighted by Crippen LogP contribution is -2.23. The Balaban J connectivity index is 2.31. The molecule has 0 fully saturated rings. The smallest absolute Gasteiger partial charge is 0.356 e. The summed E-state index contributed by atoms with van der Waals surface area (Å²) in [5.41, 5.74) is 0.861. The molecule has 1 heterocycles. The van der Waals surface area contributed by atoms with Crippen molar-refractivity contribution in [3.05, 3.63) is 52.9 Å². The van der Waals surface area contributed by atoms with Gasteiger partial charge in [0.15, 0.2) is 5.69 Å². The third-order valence-electron chi connectivity index (χ3n) is 3.14. The molecule has 1 unspecified atom stereocenters. The van der Waals surface area contributed by atoms with Crippen molar-refractivity contribution < 1.29 is 9.90 Å². The summed E-state index contributed by atoms with van der Waals surface area (Å²) in [5.74, 6) is -0.615. The van der Waals surface area contributed by atoms with Gasteiger partial charge in [-0.05, 0) is 18.6 Å². The van der Waals surface area contributed by atoms with Gasteiger partial charge < -0.3 is 10.0 Å². The zero-order valence-corrected chi connectivity index (χ0v) is 11.9. The monoisotopic (exact) mass is 291 g/mol. The Morgan fingerprint density at radius 3 is 2.70 bits per heavy atom. The van der Waals surface area contributed by atoms with Crippen molar-refractivity contribution in [1.82, 2.24) is 9.97 Å². The van der Waals surface area contributed by atoms with E-state index in [4.69, 9.17) is 16.7 Å². The lowest BCUT2D eigenvalue weighted by molar-refractivity contribution is 0.0690. The van der Waals surface area contributed by atoms with Crippen molar-refractivity contribution in [2.45, 2.75) is 13.0 Å². The highest BCUT2D eigenvalue weighted by Gasteiger charge is 2.17. The van der Waals surface area contributed by atoms with E-state index in [9.17, 15) is 4.79 Å². The second kappa shape index (κ2) is 5.88. The van der Waals surface area contributed by atoms with Crippen LogP contribution in [0.2, 0.25) is 5.02 Å². The number of carboxylic acid groups (broad SMARTS) is 1. The number of anilines is 1. The van der Waals surface area contributed by atoms with E-state index in [2.05, 4.69) is 9.97 Å². The Kier molecular flexibility index (Phi) is 4.20. The van der Waals surface area contributed by atoms with Crippen LogP contribution in [0.15, 0.2) is 36.7 Å². The van der Waals surface area contributed by atoms with Crippen LogP contribution >= 0.6 is 11.6 Å². The minimum atomic E-state index is -1.10. The molecule has 20 heavy (non-hydrogen) atoms. The molecule has 1 aromatic carbocycles. The first-order valence-electron chi connectivity index (χ1n) is 6.03. The Labute approximate surface area is 121 Å². The Morgan fingerprint density at radius 1 is 1.35 bits per heavy atom. The summed E-state index contributed by atoms with van der Waals surface area (Å²) in [6.07, 6.45) is 2.75. The number of benzene rings is 1. The fourth-order valence-corrected chi connectivity index (χ4v) is 2.14. The molecule has 2 rings (SSSR count). The van der Waals surface area contributed by atoms with Crippen molar-refractivity contribution in [3.63, 3.8) is 0 Å². The quantitative estimate of drug-likeness (QED) is 0.938. The van der Waals surface area contributed by atoms with Gasteiger partial charge in [-0.1, -0.05) is 29.8 Å². The first-order chi connectivity index (χ1) is 9.50. The summed E-state index contributed by atoms with van der Waals surface area (Å²) in [7, 11) is 1.82. The summed E-state index contributed by atoms with van der Waals surface area (Å²) >= 11 is 6.18. The van der Waals surface area contributed by atoms with Gasteiger partial charge in [0.25, 0.3) is 0 Å². The van der Waals surface area contributed by atoms with Crippen LogP contribution in [0.25, 0.3) is 0 Å². The second-order valence-electron chi connectivity index (χ2n) is 4.38. The molecule has 2 aromatic rings. The van der Waals surface area contributed by atoms with Crippen LogP contribution in [0.4, 0.5) is 5.82 Å². The van der Waals surface area contributed by atoms with Crippen LogP contribution in [0, 0.1) is 0 Å². The highest BCUT2D eigenvalue weighted by Crippen LogP contribution is 2.28. The molecule has 1 atom stereocenters. The molecule has 0 amide bonds. The summed E-state index contributed by atoms with van der Waals surface area (Å²) < 4.78 is 0. The fraction of sp³-hybridized carbons (Fsp3) is 0.214.